The summed E-state index contributed by atoms with van der Waals surface area (Å²) >= 11 is 0. The lowest BCUT2D eigenvalue weighted by atomic mass is 10.4. The van der Waals surface area contributed by atoms with E-state index < -0.39 is 5.91 Å². The number of carbonyl (C=O) groups is 1. The molecular formula is C4H4NO. The van der Waals surface area contributed by atoms with Gasteiger partial charge in [0.2, 0.25) is 5.91 Å². The highest BCUT2D eigenvalue weighted by Crippen LogP contribution is 1.66. The zero-order chi connectivity index (χ0) is 4.99. The highest BCUT2D eigenvalue weighted by molar-refractivity contribution is 5.75. The molecule has 0 saturated heterocycles. The third-order valence-electron chi connectivity index (χ3n) is 0.263. The van der Waals surface area contributed by atoms with E-state index in [1.54, 1.807) is 0 Å². The van der Waals surface area contributed by atoms with Crippen LogP contribution in [0.4, 0.5) is 0 Å². The van der Waals surface area contributed by atoms with Gasteiger partial charge in [0.25, 0.3) is 0 Å². The molecule has 0 aromatic rings. The van der Waals surface area contributed by atoms with E-state index in [0.29, 0.717) is 0 Å². The van der Waals surface area contributed by atoms with Gasteiger partial charge in [-0.15, -0.1) is 6.42 Å². The number of terminal acetylenes is 1. The summed E-state index contributed by atoms with van der Waals surface area (Å²) in [6.07, 6.45) is 4.57. The van der Waals surface area contributed by atoms with Crippen molar-refractivity contribution in [2.75, 3.05) is 0 Å². The minimum absolute atomic E-state index is 0.0694. The fourth-order valence-corrected chi connectivity index (χ4v) is 0.0927. The van der Waals surface area contributed by atoms with Crippen molar-refractivity contribution >= 4 is 5.91 Å². The Hall–Kier alpha value is -0.970. The Morgan fingerprint density at radius 1 is 2.00 bits per heavy atom. The molecular weight excluding hydrogens is 78.0 g/mol. The van der Waals surface area contributed by atoms with E-state index in [-0.39, 0.29) is 6.42 Å². The Kier molecular flexibility index (Phi) is 1.91. The molecule has 0 spiro atoms. The number of rotatable bonds is 1. The SMILES string of the molecule is C#CCC([NH])=O. The monoisotopic (exact) mass is 82.0 g/mol. The van der Waals surface area contributed by atoms with Crippen molar-refractivity contribution in [3.05, 3.63) is 0 Å². The van der Waals surface area contributed by atoms with Crippen molar-refractivity contribution in [1.29, 1.82) is 0 Å². The Morgan fingerprint density at radius 3 is 2.50 bits per heavy atom. The molecule has 0 saturated carbocycles. The smallest absolute Gasteiger partial charge is 0.250 e. The van der Waals surface area contributed by atoms with E-state index in [0.717, 1.165) is 0 Å². The summed E-state index contributed by atoms with van der Waals surface area (Å²) in [4.78, 5) is 9.57. The fourth-order valence-electron chi connectivity index (χ4n) is 0.0927. The van der Waals surface area contributed by atoms with Crippen LogP contribution in [-0.4, -0.2) is 5.91 Å². The van der Waals surface area contributed by atoms with Gasteiger partial charge in [-0.1, -0.05) is 5.92 Å². The third kappa shape index (κ3) is 3.03. The summed E-state index contributed by atoms with van der Waals surface area (Å²) in [5, 5.41) is 0. The maximum absolute atomic E-state index is 9.57. The summed E-state index contributed by atoms with van der Waals surface area (Å²) in [5.41, 5.74) is 6.20. The second kappa shape index (κ2) is 2.28. The quantitative estimate of drug-likeness (QED) is 0.404. The first-order valence-electron chi connectivity index (χ1n) is 1.45. The zero-order valence-electron chi connectivity index (χ0n) is 3.19. The summed E-state index contributed by atoms with van der Waals surface area (Å²) in [6.45, 7) is 0. The number of carbonyl (C=O) groups excluding carboxylic acids is 1. The molecule has 2 nitrogen and oxygen atoms in total. The topological polar surface area (TPSA) is 40.9 Å². The van der Waals surface area contributed by atoms with Crippen LogP contribution in [0.2, 0.25) is 0 Å². The van der Waals surface area contributed by atoms with Gasteiger partial charge in [0, 0.05) is 0 Å². The highest BCUT2D eigenvalue weighted by atomic mass is 16.1. The van der Waals surface area contributed by atoms with Gasteiger partial charge in [0.1, 0.15) is 0 Å². The van der Waals surface area contributed by atoms with Gasteiger partial charge in [-0.05, 0) is 0 Å². The van der Waals surface area contributed by atoms with E-state index in [1.165, 1.54) is 0 Å². The summed E-state index contributed by atoms with van der Waals surface area (Å²) < 4.78 is 0. The highest BCUT2D eigenvalue weighted by Gasteiger charge is 1.83. The van der Waals surface area contributed by atoms with Crippen LogP contribution in [0.1, 0.15) is 6.42 Å². The van der Waals surface area contributed by atoms with Crippen molar-refractivity contribution in [2.24, 2.45) is 0 Å². The van der Waals surface area contributed by atoms with Gasteiger partial charge in [0.05, 0.1) is 6.42 Å². The molecule has 1 N–H and O–H groups in total. The fraction of sp³-hybridized carbons (Fsp3) is 0.250. The Bertz CT molecular complexity index is 90.2. The van der Waals surface area contributed by atoms with Crippen LogP contribution < -0.4 is 5.73 Å². The molecule has 0 bridgehead atoms. The van der Waals surface area contributed by atoms with E-state index in [9.17, 15) is 4.79 Å². The molecule has 0 aliphatic rings. The van der Waals surface area contributed by atoms with Crippen LogP contribution in [0.5, 0.6) is 0 Å². The van der Waals surface area contributed by atoms with Crippen LogP contribution in [-0.2, 0) is 4.79 Å². The average molecular weight is 82.1 g/mol. The lowest BCUT2D eigenvalue weighted by Gasteiger charge is -1.71. The van der Waals surface area contributed by atoms with Crippen molar-refractivity contribution in [3.63, 3.8) is 0 Å². The van der Waals surface area contributed by atoms with Crippen LogP contribution in [0.3, 0.4) is 0 Å². The maximum atomic E-state index is 9.57. The molecule has 0 unspecified atom stereocenters. The Morgan fingerprint density at radius 2 is 2.50 bits per heavy atom. The molecule has 0 heterocycles. The third-order valence-corrected chi connectivity index (χ3v) is 0.263. The van der Waals surface area contributed by atoms with Crippen LogP contribution >= 0.6 is 0 Å². The van der Waals surface area contributed by atoms with Crippen LogP contribution in [0.25, 0.3) is 0 Å². The van der Waals surface area contributed by atoms with Crippen molar-refractivity contribution in [2.45, 2.75) is 6.42 Å². The molecule has 0 fully saturated rings. The lowest BCUT2D eigenvalue weighted by Crippen LogP contribution is -1.92. The lowest BCUT2D eigenvalue weighted by molar-refractivity contribution is -0.117. The van der Waals surface area contributed by atoms with E-state index in [2.05, 4.69) is 6.42 Å². The van der Waals surface area contributed by atoms with Gasteiger partial charge in [-0.25, -0.2) is 0 Å². The van der Waals surface area contributed by atoms with Crippen molar-refractivity contribution in [1.82, 2.24) is 5.73 Å². The predicted octanol–water partition coefficient (Wildman–Crippen LogP) is -0.181. The molecule has 31 valence electrons. The molecule has 2 heteroatoms. The predicted molar refractivity (Wildman–Crippen MR) is 21.6 cm³/mol. The molecule has 0 atom stereocenters. The molecule has 1 radical (unpaired) electrons. The van der Waals surface area contributed by atoms with E-state index in [1.807, 2.05) is 5.92 Å². The number of hydrogen-bond acceptors (Lipinski definition) is 1. The molecule has 1 amide bonds. The molecule has 0 aliphatic carbocycles. The van der Waals surface area contributed by atoms with Crippen molar-refractivity contribution in [3.8, 4) is 12.3 Å². The molecule has 0 rings (SSSR count). The molecule has 6 heavy (non-hydrogen) atoms. The van der Waals surface area contributed by atoms with Gasteiger partial charge in [-0.3, -0.25) is 10.5 Å². The zero-order valence-corrected chi connectivity index (χ0v) is 3.19. The number of hydrogen-bond donors (Lipinski definition) is 0. The second-order valence-corrected chi connectivity index (χ2v) is 0.804. The molecule has 0 aliphatic heterocycles. The van der Waals surface area contributed by atoms with Crippen molar-refractivity contribution < 1.29 is 4.79 Å². The number of nitrogens with one attached hydrogen (secondary N) is 1. The molecule has 0 aromatic heterocycles. The Balaban J connectivity index is 3.13. The Labute approximate surface area is 36.3 Å². The minimum atomic E-state index is -0.697. The summed E-state index contributed by atoms with van der Waals surface area (Å²) in [7, 11) is 0. The number of amides is 1. The van der Waals surface area contributed by atoms with Gasteiger partial charge in [-0.2, -0.15) is 0 Å². The first kappa shape index (κ1) is 5.03. The first-order chi connectivity index (χ1) is 2.77. The van der Waals surface area contributed by atoms with Gasteiger partial charge in [0.15, 0.2) is 0 Å². The minimum Gasteiger partial charge on any atom is -0.272 e. The van der Waals surface area contributed by atoms with Gasteiger partial charge < -0.3 is 0 Å². The standard InChI is InChI=1S/C4H4NO/c1-2-3-4(5)6/h1,5H,3H2. The van der Waals surface area contributed by atoms with Crippen LogP contribution in [0, 0.1) is 12.3 Å². The van der Waals surface area contributed by atoms with Gasteiger partial charge >= 0.3 is 0 Å². The van der Waals surface area contributed by atoms with Crippen LogP contribution in [0.15, 0.2) is 0 Å². The largest absolute Gasteiger partial charge is 0.272 e. The normalized spacial score (nSPS) is 6.50. The second-order valence-electron chi connectivity index (χ2n) is 0.804. The average Bonchev–Trinajstić information content (AvgIpc) is 1.35. The van der Waals surface area contributed by atoms with E-state index >= 15 is 0 Å². The first-order valence-corrected chi connectivity index (χ1v) is 1.45. The van der Waals surface area contributed by atoms with E-state index in [4.69, 9.17) is 5.73 Å². The molecule has 0 aromatic carbocycles. The summed E-state index contributed by atoms with van der Waals surface area (Å²) in [6, 6.07) is 0. The maximum Gasteiger partial charge on any atom is 0.250 e. The summed E-state index contributed by atoms with van der Waals surface area (Å²) in [5.74, 6) is 1.33.